The number of carbonyl (C=O) groups is 2. The van der Waals surface area contributed by atoms with Gasteiger partial charge in [-0.3, -0.25) is 4.79 Å². The fourth-order valence-corrected chi connectivity index (χ4v) is 1.45. The van der Waals surface area contributed by atoms with Gasteiger partial charge >= 0.3 is 5.97 Å². The fourth-order valence-electron chi connectivity index (χ4n) is 1.45. The number of para-hydroxylation sites is 2. The molecule has 0 heterocycles. The molecular weight excluding hydrogens is 236 g/mol. The molecule has 0 saturated carbocycles. The Hall–Kier alpha value is -2.24. The summed E-state index contributed by atoms with van der Waals surface area (Å²) < 4.78 is 5.12. The average Bonchev–Trinajstić information content (AvgIpc) is 2.34. The topological polar surface area (TPSA) is 87.7 Å². The van der Waals surface area contributed by atoms with Gasteiger partial charge in [-0.05, 0) is 12.1 Å². The van der Waals surface area contributed by atoms with Crippen LogP contribution in [0.3, 0.4) is 0 Å². The van der Waals surface area contributed by atoms with Crippen LogP contribution >= 0.6 is 0 Å². The zero-order valence-electron chi connectivity index (χ0n) is 10.3. The zero-order chi connectivity index (χ0) is 13.5. The number of rotatable bonds is 6. The number of amides is 1. The van der Waals surface area contributed by atoms with Gasteiger partial charge in [0.2, 0.25) is 5.91 Å². The third-order valence-corrected chi connectivity index (χ3v) is 2.28. The molecule has 1 atom stereocenters. The summed E-state index contributed by atoms with van der Waals surface area (Å²) in [4.78, 5) is 21.8. The van der Waals surface area contributed by atoms with Gasteiger partial charge < -0.3 is 20.5 Å². The predicted molar refractivity (Wildman–Crippen MR) is 66.7 cm³/mol. The summed E-state index contributed by atoms with van der Waals surface area (Å²) >= 11 is 0. The van der Waals surface area contributed by atoms with Gasteiger partial charge in [0, 0.05) is 13.5 Å². The van der Waals surface area contributed by atoms with Crippen molar-refractivity contribution >= 4 is 17.6 Å². The number of carboxylic acids is 1. The summed E-state index contributed by atoms with van der Waals surface area (Å²) in [6.45, 7) is 1.36. The van der Waals surface area contributed by atoms with Crippen LogP contribution in [0, 0.1) is 0 Å². The van der Waals surface area contributed by atoms with Crippen molar-refractivity contribution in [1.29, 1.82) is 0 Å². The molecule has 6 nitrogen and oxygen atoms in total. The summed E-state index contributed by atoms with van der Waals surface area (Å²) in [5.74, 6) is -0.860. The molecule has 1 aromatic carbocycles. The molecule has 6 heteroatoms. The van der Waals surface area contributed by atoms with Crippen molar-refractivity contribution in [2.75, 3.05) is 19.0 Å². The molecule has 1 aromatic rings. The maximum atomic E-state index is 10.9. The number of benzene rings is 1. The van der Waals surface area contributed by atoms with E-state index < -0.39 is 12.0 Å². The second kappa shape index (κ2) is 6.48. The fraction of sp³-hybridized carbons (Fsp3) is 0.333. The normalized spacial score (nSPS) is 11.4. The lowest BCUT2D eigenvalue weighted by atomic mass is 10.2. The predicted octanol–water partition coefficient (Wildman–Crippen LogP) is 0.696. The quantitative estimate of drug-likeness (QED) is 0.693. The van der Waals surface area contributed by atoms with Gasteiger partial charge in [0.15, 0.2) is 0 Å². The first-order chi connectivity index (χ1) is 8.54. The number of carboxylic acid groups (broad SMARTS) is 1. The van der Waals surface area contributed by atoms with Crippen LogP contribution in [0.1, 0.15) is 6.92 Å². The third kappa shape index (κ3) is 3.97. The number of carbonyl (C=O) groups excluding carboxylic acids is 1. The molecule has 0 aliphatic heterocycles. The smallest absolute Gasteiger partial charge is 0.328 e. The monoisotopic (exact) mass is 252 g/mol. The molecular formula is C12H16N2O4. The molecule has 0 aromatic heterocycles. The Morgan fingerprint density at radius 2 is 2.06 bits per heavy atom. The van der Waals surface area contributed by atoms with E-state index in [4.69, 9.17) is 9.84 Å². The number of aliphatic carboxylic acids is 1. The molecule has 0 radical (unpaired) electrons. The van der Waals surface area contributed by atoms with E-state index in [0.29, 0.717) is 11.4 Å². The molecule has 0 aliphatic rings. The Morgan fingerprint density at radius 3 is 2.61 bits per heavy atom. The van der Waals surface area contributed by atoms with Gasteiger partial charge in [-0.15, -0.1) is 0 Å². The highest BCUT2D eigenvalue weighted by Gasteiger charge is 2.18. The van der Waals surface area contributed by atoms with Gasteiger partial charge in [-0.2, -0.15) is 0 Å². The van der Waals surface area contributed by atoms with E-state index in [1.165, 1.54) is 14.0 Å². The minimum Gasteiger partial charge on any atom is -0.495 e. The van der Waals surface area contributed by atoms with Crippen LogP contribution < -0.4 is 15.4 Å². The molecule has 0 saturated heterocycles. The van der Waals surface area contributed by atoms with Gasteiger partial charge in [0.05, 0.1) is 12.8 Å². The van der Waals surface area contributed by atoms with Crippen LogP contribution in [-0.4, -0.2) is 36.7 Å². The minimum absolute atomic E-state index is 0.0787. The molecule has 98 valence electrons. The van der Waals surface area contributed by atoms with Crippen molar-refractivity contribution in [3.63, 3.8) is 0 Å². The lowest BCUT2D eigenvalue weighted by molar-refractivity contribution is -0.141. The Labute approximate surface area is 105 Å². The number of methoxy groups -OCH3 is 1. The van der Waals surface area contributed by atoms with Gasteiger partial charge in [-0.25, -0.2) is 4.79 Å². The average molecular weight is 252 g/mol. The van der Waals surface area contributed by atoms with Crippen LogP contribution in [-0.2, 0) is 9.59 Å². The highest BCUT2D eigenvalue weighted by molar-refractivity contribution is 5.82. The first kappa shape index (κ1) is 13.8. The van der Waals surface area contributed by atoms with Crippen LogP contribution in [0.25, 0.3) is 0 Å². The number of hydrogen-bond donors (Lipinski definition) is 3. The zero-order valence-corrected chi connectivity index (χ0v) is 10.3. The first-order valence-corrected chi connectivity index (χ1v) is 5.41. The largest absolute Gasteiger partial charge is 0.495 e. The Kier molecular flexibility index (Phi) is 4.98. The van der Waals surface area contributed by atoms with Crippen LogP contribution in [0.4, 0.5) is 5.69 Å². The second-order valence-corrected chi connectivity index (χ2v) is 3.67. The Bertz CT molecular complexity index is 434. The Morgan fingerprint density at radius 1 is 1.39 bits per heavy atom. The molecule has 1 amide bonds. The standard InChI is InChI=1S/C12H16N2O4/c1-8(15)14-10(12(16)17)7-13-9-5-3-4-6-11(9)18-2/h3-6,10,13H,7H2,1-2H3,(H,14,15)(H,16,17). The van der Waals surface area contributed by atoms with Crippen molar-refractivity contribution in [3.8, 4) is 5.75 Å². The number of hydrogen-bond acceptors (Lipinski definition) is 4. The van der Waals surface area contributed by atoms with E-state index >= 15 is 0 Å². The number of nitrogens with one attached hydrogen (secondary N) is 2. The molecule has 0 spiro atoms. The summed E-state index contributed by atoms with van der Waals surface area (Å²) in [5, 5.41) is 14.2. The van der Waals surface area contributed by atoms with E-state index in [1.54, 1.807) is 18.2 Å². The molecule has 1 unspecified atom stereocenters. The number of anilines is 1. The molecule has 3 N–H and O–H groups in total. The third-order valence-electron chi connectivity index (χ3n) is 2.28. The second-order valence-electron chi connectivity index (χ2n) is 3.67. The summed E-state index contributed by atoms with van der Waals surface area (Å²) in [5.41, 5.74) is 0.677. The van der Waals surface area contributed by atoms with Crippen molar-refractivity contribution in [1.82, 2.24) is 5.32 Å². The van der Waals surface area contributed by atoms with E-state index in [9.17, 15) is 9.59 Å². The van der Waals surface area contributed by atoms with Crippen molar-refractivity contribution in [3.05, 3.63) is 24.3 Å². The van der Waals surface area contributed by atoms with Crippen molar-refractivity contribution in [2.45, 2.75) is 13.0 Å². The van der Waals surface area contributed by atoms with E-state index in [-0.39, 0.29) is 12.5 Å². The van der Waals surface area contributed by atoms with E-state index in [1.807, 2.05) is 6.07 Å². The van der Waals surface area contributed by atoms with E-state index in [0.717, 1.165) is 0 Å². The molecule has 0 fully saturated rings. The van der Waals surface area contributed by atoms with Crippen LogP contribution in [0.5, 0.6) is 5.75 Å². The lowest BCUT2D eigenvalue weighted by Gasteiger charge is -2.16. The molecule has 18 heavy (non-hydrogen) atoms. The molecule has 1 rings (SSSR count). The van der Waals surface area contributed by atoms with Crippen LogP contribution in [0.2, 0.25) is 0 Å². The molecule has 0 aliphatic carbocycles. The lowest BCUT2D eigenvalue weighted by Crippen LogP contribution is -2.44. The van der Waals surface area contributed by atoms with Crippen molar-refractivity contribution in [2.24, 2.45) is 0 Å². The Balaban J connectivity index is 2.66. The summed E-state index contributed by atoms with van der Waals surface area (Å²) in [6, 6.07) is 6.17. The van der Waals surface area contributed by atoms with Gasteiger partial charge in [-0.1, -0.05) is 12.1 Å². The van der Waals surface area contributed by atoms with Crippen LogP contribution in [0.15, 0.2) is 24.3 Å². The summed E-state index contributed by atoms with van der Waals surface area (Å²) in [6.07, 6.45) is 0. The summed E-state index contributed by atoms with van der Waals surface area (Å²) in [7, 11) is 1.53. The highest BCUT2D eigenvalue weighted by atomic mass is 16.5. The highest BCUT2D eigenvalue weighted by Crippen LogP contribution is 2.22. The minimum atomic E-state index is -1.09. The number of ether oxygens (including phenoxy) is 1. The van der Waals surface area contributed by atoms with Gasteiger partial charge in [0.1, 0.15) is 11.8 Å². The van der Waals surface area contributed by atoms with Crippen molar-refractivity contribution < 1.29 is 19.4 Å². The molecule has 0 bridgehead atoms. The van der Waals surface area contributed by atoms with E-state index in [2.05, 4.69) is 10.6 Å². The SMILES string of the molecule is COc1ccccc1NCC(NC(C)=O)C(=O)O. The first-order valence-electron chi connectivity index (χ1n) is 5.41. The maximum absolute atomic E-state index is 10.9. The van der Waals surface area contributed by atoms with Gasteiger partial charge in [0.25, 0.3) is 0 Å². The maximum Gasteiger partial charge on any atom is 0.328 e.